The average Bonchev–Trinajstić information content (AvgIpc) is 2.48. The number of nitrogens with zero attached hydrogens (tertiary/aromatic N) is 2. The third-order valence-corrected chi connectivity index (χ3v) is 2.97. The number of carboxylic acids is 1. The van der Waals surface area contributed by atoms with Gasteiger partial charge in [0, 0.05) is 13.6 Å². The van der Waals surface area contributed by atoms with Crippen molar-refractivity contribution < 1.29 is 19.4 Å². The maximum absolute atomic E-state index is 12.1. The van der Waals surface area contributed by atoms with Crippen LogP contribution in [0.4, 0.5) is 10.5 Å². The SMILES string of the molecule is CCOc1ccc(C#N)cc1NC(=O)N(C)CC(C)C(=O)O. The van der Waals surface area contributed by atoms with Crippen LogP contribution in [0.3, 0.4) is 0 Å². The van der Waals surface area contributed by atoms with Crippen molar-refractivity contribution in [2.75, 3.05) is 25.5 Å². The Bertz CT molecular complexity index is 595. The van der Waals surface area contributed by atoms with Crippen molar-refractivity contribution in [1.82, 2.24) is 4.90 Å². The highest BCUT2D eigenvalue weighted by molar-refractivity contribution is 5.91. The van der Waals surface area contributed by atoms with Gasteiger partial charge in [0.15, 0.2) is 0 Å². The number of carbonyl (C=O) groups is 2. The summed E-state index contributed by atoms with van der Waals surface area (Å²) in [6.45, 7) is 3.82. The molecule has 0 radical (unpaired) electrons. The van der Waals surface area contributed by atoms with Gasteiger partial charge in [0.1, 0.15) is 5.75 Å². The van der Waals surface area contributed by atoms with Crippen molar-refractivity contribution in [3.05, 3.63) is 23.8 Å². The number of benzene rings is 1. The minimum atomic E-state index is -0.971. The minimum Gasteiger partial charge on any atom is -0.492 e. The largest absolute Gasteiger partial charge is 0.492 e. The number of nitriles is 1. The fraction of sp³-hybridized carbons (Fsp3) is 0.400. The number of carbonyl (C=O) groups excluding carboxylic acids is 1. The van der Waals surface area contributed by atoms with Crippen LogP contribution in [-0.2, 0) is 4.79 Å². The van der Waals surface area contributed by atoms with Crippen LogP contribution >= 0.6 is 0 Å². The first-order valence-electron chi connectivity index (χ1n) is 6.80. The van der Waals surface area contributed by atoms with Gasteiger partial charge in [0.05, 0.1) is 29.8 Å². The van der Waals surface area contributed by atoms with Crippen LogP contribution in [0.1, 0.15) is 19.4 Å². The Labute approximate surface area is 129 Å². The summed E-state index contributed by atoms with van der Waals surface area (Å²) in [6.07, 6.45) is 0. The van der Waals surface area contributed by atoms with Crippen molar-refractivity contribution in [2.45, 2.75) is 13.8 Å². The smallest absolute Gasteiger partial charge is 0.321 e. The molecule has 1 atom stereocenters. The van der Waals surface area contributed by atoms with E-state index in [2.05, 4.69) is 5.32 Å². The van der Waals surface area contributed by atoms with Crippen LogP contribution in [-0.4, -0.2) is 42.2 Å². The molecule has 1 rings (SSSR count). The predicted octanol–water partition coefficient (Wildman–Crippen LogP) is 2.14. The summed E-state index contributed by atoms with van der Waals surface area (Å²) in [5.41, 5.74) is 0.765. The van der Waals surface area contributed by atoms with Gasteiger partial charge >= 0.3 is 12.0 Å². The number of carboxylic acid groups (broad SMARTS) is 1. The molecule has 0 saturated heterocycles. The van der Waals surface area contributed by atoms with Gasteiger partial charge in [-0.15, -0.1) is 0 Å². The number of nitrogens with one attached hydrogen (secondary N) is 1. The summed E-state index contributed by atoms with van der Waals surface area (Å²) in [4.78, 5) is 24.2. The second kappa shape index (κ2) is 7.88. The van der Waals surface area contributed by atoms with Gasteiger partial charge in [0.2, 0.25) is 0 Å². The number of hydrogen-bond acceptors (Lipinski definition) is 4. The Morgan fingerprint density at radius 2 is 2.18 bits per heavy atom. The highest BCUT2D eigenvalue weighted by Crippen LogP contribution is 2.26. The molecule has 0 fully saturated rings. The summed E-state index contributed by atoms with van der Waals surface area (Å²) < 4.78 is 5.40. The first kappa shape index (κ1) is 17.3. The lowest BCUT2D eigenvalue weighted by atomic mass is 10.2. The van der Waals surface area contributed by atoms with Gasteiger partial charge in [-0.3, -0.25) is 4.79 Å². The molecule has 7 nitrogen and oxygen atoms in total. The molecule has 1 aromatic rings. The van der Waals surface area contributed by atoms with Gasteiger partial charge in [-0.25, -0.2) is 4.79 Å². The van der Waals surface area contributed by atoms with Crippen molar-refractivity contribution in [3.8, 4) is 11.8 Å². The van der Waals surface area contributed by atoms with Crippen LogP contribution in [0.15, 0.2) is 18.2 Å². The van der Waals surface area contributed by atoms with Crippen molar-refractivity contribution in [3.63, 3.8) is 0 Å². The van der Waals surface area contributed by atoms with E-state index in [1.165, 1.54) is 24.9 Å². The molecular weight excluding hydrogens is 286 g/mol. The molecule has 1 aromatic carbocycles. The molecular formula is C15H19N3O4. The first-order valence-corrected chi connectivity index (χ1v) is 6.80. The van der Waals surface area contributed by atoms with Gasteiger partial charge in [-0.05, 0) is 25.1 Å². The van der Waals surface area contributed by atoms with E-state index in [0.29, 0.717) is 23.6 Å². The quantitative estimate of drug-likeness (QED) is 0.838. The van der Waals surface area contributed by atoms with Crippen LogP contribution in [0.5, 0.6) is 5.75 Å². The summed E-state index contributed by atoms with van der Waals surface area (Å²) >= 11 is 0. The van der Waals surface area contributed by atoms with Gasteiger partial charge in [-0.1, -0.05) is 6.92 Å². The average molecular weight is 305 g/mol. The first-order chi connectivity index (χ1) is 10.4. The maximum Gasteiger partial charge on any atom is 0.321 e. The standard InChI is InChI=1S/C15H19N3O4/c1-4-22-13-6-5-11(8-16)7-12(13)17-15(21)18(3)9-10(2)14(19)20/h5-7,10H,4,9H2,1-3H3,(H,17,21)(H,19,20). The van der Waals surface area contributed by atoms with Gasteiger partial charge in [-0.2, -0.15) is 5.26 Å². The summed E-state index contributed by atoms with van der Waals surface area (Å²) in [5, 5.41) is 20.4. The lowest BCUT2D eigenvalue weighted by Gasteiger charge is -2.21. The third-order valence-electron chi connectivity index (χ3n) is 2.97. The number of amides is 2. The molecule has 0 heterocycles. The summed E-state index contributed by atoms with van der Waals surface area (Å²) in [7, 11) is 1.50. The van der Waals surface area contributed by atoms with Crippen LogP contribution < -0.4 is 10.1 Å². The Morgan fingerprint density at radius 3 is 2.73 bits per heavy atom. The Balaban J connectivity index is 2.86. The van der Waals surface area contributed by atoms with Gasteiger partial charge in [0.25, 0.3) is 0 Å². The van der Waals surface area contributed by atoms with E-state index in [1.54, 1.807) is 12.1 Å². The summed E-state index contributed by atoms with van der Waals surface area (Å²) in [6, 6.07) is 6.23. The van der Waals surface area contributed by atoms with E-state index in [4.69, 9.17) is 15.1 Å². The number of ether oxygens (including phenoxy) is 1. The Hall–Kier alpha value is -2.75. The number of urea groups is 1. The van der Waals surface area contributed by atoms with E-state index < -0.39 is 17.9 Å². The van der Waals surface area contributed by atoms with E-state index in [1.807, 2.05) is 13.0 Å². The lowest BCUT2D eigenvalue weighted by Crippen LogP contribution is -2.36. The molecule has 0 aliphatic heterocycles. The van der Waals surface area contributed by atoms with E-state index in [-0.39, 0.29) is 6.54 Å². The fourth-order valence-electron chi connectivity index (χ4n) is 1.76. The van der Waals surface area contributed by atoms with Crippen LogP contribution in [0.2, 0.25) is 0 Å². The van der Waals surface area contributed by atoms with Crippen molar-refractivity contribution >= 4 is 17.7 Å². The Morgan fingerprint density at radius 1 is 1.50 bits per heavy atom. The zero-order valence-electron chi connectivity index (χ0n) is 12.8. The van der Waals surface area contributed by atoms with Gasteiger partial charge < -0.3 is 20.1 Å². The molecule has 22 heavy (non-hydrogen) atoms. The molecule has 0 bridgehead atoms. The zero-order valence-corrected chi connectivity index (χ0v) is 12.8. The Kier molecular flexibility index (Phi) is 6.20. The molecule has 7 heteroatoms. The maximum atomic E-state index is 12.1. The highest BCUT2D eigenvalue weighted by Gasteiger charge is 2.18. The molecule has 2 N–H and O–H groups in total. The molecule has 0 aliphatic carbocycles. The number of rotatable bonds is 6. The zero-order chi connectivity index (χ0) is 16.7. The normalized spacial score (nSPS) is 11.2. The third kappa shape index (κ3) is 4.66. The molecule has 0 saturated carbocycles. The van der Waals surface area contributed by atoms with E-state index in [9.17, 15) is 9.59 Å². The van der Waals surface area contributed by atoms with E-state index >= 15 is 0 Å². The van der Waals surface area contributed by atoms with Crippen LogP contribution in [0.25, 0.3) is 0 Å². The fourth-order valence-corrected chi connectivity index (χ4v) is 1.76. The highest BCUT2D eigenvalue weighted by atomic mass is 16.5. The molecule has 1 unspecified atom stereocenters. The van der Waals surface area contributed by atoms with E-state index in [0.717, 1.165) is 0 Å². The molecule has 0 spiro atoms. The molecule has 2 amide bonds. The molecule has 0 aliphatic rings. The monoisotopic (exact) mass is 305 g/mol. The number of anilines is 1. The second-order valence-corrected chi connectivity index (χ2v) is 4.81. The molecule has 0 aromatic heterocycles. The number of aliphatic carboxylic acids is 1. The molecule has 118 valence electrons. The van der Waals surface area contributed by atoms with Crippen LogP contribution in [0, 0.1) is 17.2 Å². The van der Waals surface area contributed by atoms with Crippen molar-refractivity contribution in [2.24, 2.45) is 5.92 Å². The minimum absolute atomic E-state index is 0.0725. The lowest BCUT2D eigenvalue weighted by molar-refractivity contribution is -0.141. The predicted molar refractivity (Wildman–Crippen MR) is 80.8 cm³/mol. The number of hydrogen-bond donors (Lipinski definition) is 2. The second-order valence-electron chi connectivity index (χ2n) is 4.81. The topological polar surface area (TPSA) is 103 Å². The van der Waals surface area contributed by atoms with Crippen molar-refractivity contribution in [1.29, 1.82) is 5.26 Å². The summed E-state index contributed by atoms with van der Waals surface area (Å²) in [5.74, 6) is -1.19.